The number of nitrogens with zero attached hydrogens (tertiary/aromatic N) is 2. The molecule has 2 aromatic carbocycles. The van der Waals surface area contributed by atoms with Gasteiger partial charge in [0.2, 0.25) is 0 Å². The molecule has 2 heterocycles. The molecule has 162 valence electrons. The van der Waals surface area contributed by atoms with Crippen LogP contribution in [0.15, 0.2) is 54.7 Å². The van der Waals surface area contributed by atoms with Crippen LogP contribution >= 0.6 is 11.6 Å². The summed E-state index contributed by atoms with van der Waals surface area (Å²) in [6.45, 7) is 6.93. The predicted octanol–water partition coefficient (Wildman–Crippen LogP) is 6.33. The molecule has 1 saturated heterocycles. The van der Waals surface area contributed by atoms with Gasteiger partial charge in [-0.05, 0) is 56.7 Å². The van der Waals surface area contributed by atoms with Crippen LogP contribution in [0, 0.1) is 0 Å². The molecule has 1 amide bonds. The lowest BCUT2D eigenvalue weighted by atomic mass is 10.0. The molecule has 3 aromatic rings. The zero-order valence-corrected chi connectivity index (χ0v) is 18.9. The van der Waals surface area contributed by atoms with E-state index in [4.69, 9.17) is 21.1 Å². The largest absolute Gasteiger partial charge is 0.490 e. The average molecular weight is 439 g/mol. The third kappa shape index (κ3) is 5.28. The minimum absolute atomic E-state index is 0.0886. The number of hydrogen-bond acceptors (Lipinski definition) is 4. The number of pyridine rings is 1. The summed E-state index contributed by atoms with van der Waals surface area (Å²) in [5, 5.41) is 1.64. The van der Waals surface area contributed by atoms with Gasteiger partial charge in [0.25, 0.3) is 0 Å². The zero-order chi connectivity index (χ0) is 22.0. The van der Waals surface area contributed by atoms with Crippen molar-refractivity contribution in [1.82, 2.24) is 9.88 Å². The minimum Gasteiger partial charge on any atom is -0.490 e. The second kappa shape index (κ2) is 8.75. The first-order valence-electron chi connectivity index (χ1n) is 10.6. The van der Waals surface area contributed by atoms with E-state index in [0.29, 0.717) is 18.1 Å². The molecule has 6 heteroatoms. The molecule has 0 unspecified atom stereocenters. The van der Waals surface area contributed by atoms with Crippen LogP contribution in [-0.2, 0) is 4.74 Å². The molecular weight excluding hydrogens is 412 g/mol. The molecule has 4 rings (SSSR count). The van der Waals surface area contributed by atoms with Crippen molar-refractivity contribution in [3.8, 4) is 16.9 Å². The molecule has 0 N–H and O–H groups in total. The van der Waals surface area contributed by atoms with Gasteiger partial charge in [0.15, 0.2) is 0 Å². The van der Waals surface area contributed by atoms with E-state index in [1.54, 1.807) is 4.90 Å². The van der Waals surface area contributed by atoms with Crippen molar-refractivity contribution in [2.75, 3.05) is 13.1 Å². The number of benzene rings is 2. The van der Waals surface area contributed by atoms with Gasteiger partial charge in [0.1, 0.15) is 17.5 Å². The van der Waals surface area contributed by atoms with E-state index < -0.39 is 5.60 Å². The van der Waals surface area contributed by atoms with Crippen molar-refractivity contribution in [3.63, 3.8) is 0 Å². The summed E-state index contributed by atoms with van der Waals surface area (Å²) in [6, 6.07) is 15.8. The highest BCUT2D eigenvalue weighted by Crippen LogP contribution is 2.29. The number of carbonyl (C=O) groups excluding carboxylic acids is 1. The van der Waals surface area contributed by atoms with Crippen molar-refractivity contribution < 1.29 is 14.3 Å². The Labute approximate surface area is 187 Å². The number of likely N-dealkylation sites (tertiary alicyclic amines) is 1. The maximum Gasteiger partial charge on any atom is 0.410 e. The summed E-state index contributed by atoms with van der Waals surface area (Å²) in [4.78, 5) is 18.5. The molecule has 1 fully saturated rings. The van der Waals surface area contributed by atoms with Crippen LogP contribution in [0.4, 0.5) is 4.79 Å². The minimum atomic E-state index is -0.474. The van der Waals surface area contributed by atoms with Gasteiger partial charge in [-0.2, -0.15) is 0 Å². The summed E-state index contributed by atoms with van der Waals surface area (Å²) in [7, 11) is 0. The van der Waals surface area contributed by atoms with Gasteiger partial charge in [-0.3, -0.25) is 4.98 Å². The lowest BCUT2D eigenvalue weighted by Crippen LogP contribution is -2.44. The smallest absolute Gasteiger partial charge is 0.410 e. The van der Waals surface area contributed by atoms with Crippen molar-refractivity contribution in [2.45, 2.75) is 45.3 Å². The number of ether oxygens (including phenoxy) is 2. The predicted molar refractivity (Wildman–Crippen MR) is 124 cm³/mol. The zero-order valence-electron chi connectivity index (χ0n) is 18.1. The summed E-state index contributed by atoms with van der Waals surface area (Å²) in [5.74, 6) is 0.825. The van der Waals surface area contributed by atoms with E-state index in [0.717, 1.165) is 40.6 Å². The number of carbonyl (C=O) groups is 1. The molecule has 31 heavy (non-hydrogen) atoms. The summed E-state index contributed by atoms with van der Waals surface area (Å²) in [5.41, 5.74) is 2.48. The van der Waals surface area contributed by atoms with Crippen LogP contribution in [0.5, 0.6) is 5.75 Å². The Morgan fingerprint density at radius 1 is 1.06 bits per heavy atom. The molecule has 1 aliphatic rings. The molecule has 0 aliphatic carbocycles. The maximum atomic E-state index is 12.2. The fraction of sp³-hybridized carbons (Fsp3) is 0.360. The average Bonchev–Trinajstić information content (AvgIpc) is 2.74. The Morgan fingerprint density at radius 3 is 2.45 bits per heavy atom. The highest BCUT2D eigenvalue weighted by atomic mass is 35.5. The normalized spacial score (nSPS) is 15.2. The number of halogens is 1. The number of amides is 1. The number of fused-ring (bicyclic) bond motifs is 1. The van der Waals surface area contributed by atoms with Crippen LogP contribution in [0.3, 0.4) is 0 Å². The first kappa shape index (κ1) is 21.4. The molecule has 1 aliphatic heterocycles. The molecule has 0 radical (unpaired) electrons. The third-order valence-corrected chi connectivity index (χ3v) is 5.59. The first-order chi connectivity index (χ1) is 14.8. The molecule has 0 atom stereocenters. The van der Waals surface area contributed by atoms with Crippen LogP contribution in [0.2, 0.25) is 5.02 Å². The fourth-order valence-electron chi connectivity index (χ4n) is 3.67. The van der Waals surface area contributed by atoms with Crippen molar-refractivity contribution in [1.29, 1.82) is 0 Å². The Hall–Kier alpha value is -2.79. The van der Waals surface area contributed by atoms with Crippen LogP contribution < -0.4 is 4.74 Å². The maximum absolute atomic E-state index is 12.2. The van der Waals surface area contributed by atoms with Gasteiger partial charge in [-0.1, -0.05) is 29.8 Å². The molecule has 5 nitrogen and oxygen atoms in total. The summed E-state index contributed by atoms with van der Waals surface area (Å²) >= 11 is 6.32. The Balaban J connectivity index is 1.37. The van der Waals surface area contributed by atoms with Crippen LogP contribution in [-0.4, -0.2) is 40.8 Å². The third-order valence-electron chi connectivity index (χ3n) is 5.26. The highest BCUT2D eigenvalue weighted by Gasteiger charge is 2.27. The SMILES string of the molecule is CC(C)(C)OC(=O)N1CCC(Oc2ccc(-c3cnc4cccc(Cl)c4c3)cc2)CC1. The number of rotatable bonds is 3. The van der Waals surface area contributed by atoms with E-state index in [-0.39, 0.29) is 12.2 Å². The number of hydrogen-bond donors (Lipinski definition) is 0. The van der Waals surface area contributed by atoms with Gasteiger partial charge in [0, 0.05) is 48.1 Å². The van der Waals surface area contributed by atoms with Gasteiger partial charge in [-0.25, -0.2) is 4.79 Å². The molecule has 0 bridgehead atoms. The second-order valence-electron chi connectivity index (χ2n) is 8.84. The second-order valence-corrected chi connectivity index (χ2v) is 9.25. The van der Waals surface area contributed by atoms with Gasteiger partial charge in [0.05, 0.1) is 5.52 Å². The van der Waals surface area contributed by atoms with Gasteiger partial charge >= 0.3 is 6.09 Å². The number of piperidine rings is 1. The molecule has 0 saturated carbocycles. The molecule has 1 aromatic heterocycles. The number of aromatic nitrogens is 1. The highest BCUT2D eigenvalue weighted by molar-refractivity contribution is 6.35. The van der Waals surface area contributed by atoms with E-state index in [1.807, 2.05) is 69.4 Å². The lowest BCUT2D eigenvalue weighted by Gasteiger charge is -2.33. The Kier molecular flexibility index (Phi) is 6.05. The van der Waals surface area contributed by atoms with E-state index >= 15 is 0 Å². The standard InChI is InChI=1S/C25H27ClN2O3/c1-25(2,3)31-24(29)28-13-11-20(12-14-28)30-19-9-7-17(8-10-19)18-15-21-22(26)5-4-6-23(21)27-16-18/h4-10,15-16,20H,11-14H2,1-3H3. The Morgan fingerprint density at radius 2 is 1.77 bits per heavy atom. The van der Waals surface area contributed by atoms with E-state index in [1.165, 1.54) is 0 Å². The van der Waals surface area contributed by atoms with Crippen molar-refractivity contribution >= 4 is 28.6 Å². The van der Waals surface area contributed by atoms with Crippen LogP contribution in [0.25, 0.3) is 22.0 Å². The molecule has 0 spiro atoms. The quantitative estimate of drug-likeness (QED) is 0.479. The van der Waals surface area contributed by atoms with Crippen molar-refractivity contribution in [2.24, 2.45) is 0 Å². The fourth-order valence-corrected chi connectivity index (χ4v) is 3.90. The topological polar surface area (TPSA) is 51.7 Å². The van der Waals surface area contributed by atoms with Gasteiger partial charge in [-0.15, -0.1) is 0 Å². The van der Waals surface area contributed by atoms with E-state index in [9.17, 15) is 4.79 Å². The monoisotopic (exact) mass is 438 g/mol. The summed E-state index contributed by atoms with van der Waals surface area (Å²) in [6.07, 6.45) is 3.27. The first-order valence-corrected chi connectivity index (χ1v) is 11.0. The Bertz CT molecular complexity index is 1070. The van der Waals surface area contributed by atoms with Crippen molar-refractivity contribution in [3.05, 3.63) is 59.8 Å². The van der Waals surface area contributed by atoms with Crippen LogP contribution in [0.1, 0.15) is 33.6 Å². The lowest BCUT2D eigenvalue weighted by molar-refractivity contribution is 0.0126. The summed E-state index contributed by atoms with van der Waals surface area (Å²) < 4.78 is 11.6. The van der Waals surface area contributed by atoms with E-state index in [2.05, 4.69) is 11.1 Å². The molecular formula is C25H27ClN2O3. The van der Waals surface area contributed by atoms with Gasteiger partial charge < -0.3 is 14.4 Å².